The average Bonchev–Trinajstić information content (AvgIpc) is 3.30. The SMILES string of the molecule is CC(C)=C1Oc2cccc(OCc3ccc(CN4CCC(NC(=O)c5ccc(C(F)(F)F)cc5)CC4)cc3)c2C1=O. The third kappa shape index (κ3) is 6.62. The number of carbonyl (C=O) groups excluding carboxylic acids is 2. The molecule has 2 heterocycles. The standard InChI is InChI=1S/C32H31F3N2O4/c1-20(2)30-29(38)28-26(4-3-5-27(28)41-30)40-19-22-8-6-21(7-9-22)18-37-16-14-25(15-17-37)36-31(39)23-10-12-24(13-11-23)32(33,34)35/h3-13,25H,14-19H2,1-2H3,(H,36,39). The number of benzene rings is 3. The summed E-state index contributed by atoms with van der Waals surface area (Å²) in [6.45, 7) is 6.36. The molecule has 1 saturated heterocycles. The Morgan fingerprint density at radius 2 is 1.63 bits per heavy atom. The Morgan fingerprint density at radius 3 is 2.27 bits per heavy atom. The molecule has 0 saturated carbocycles. The van der Waals surface area contributed by atoms with E-state index in [9.17, 15) is 22.8 Å². The minimum absolute atomic E-state index is 0.0231. The van der Waals surface area contributed by atoms with Gasteiger partial charge in [-0.2, -0.15) is 13.2 Å². The van der Waals surface area contributed by atoms with Crippen LogP contribution >= 0.6 is 0 Å². The predicted molar refractivity (Wildman–Crippen MR) is 148 cm³/mol. The molecule has 214 valence electrons. The van der Waals surface area contributed by atoms with Gasteiger partial charge in [-0.05, 0) is 79.8 Å². The molecule has 9 heteroatoms. The number of fused-ring (bicyclic) bond motifs is 1. The van der Waals surface area contributed by atoms with Gasteiger partial charge in [0, 0.05) is 31.2 Å². The van der Waals surface area contributed by atoms with Crippen molar-refractivity contribution >= 4 is 11.7 Å². The van der Waals surface area contributed by atoms with E-state index in [1.165, 1.54) is 12.1 Å². The number of rotatable bonds is 7. The van der Waals surface area contributed by atoms with Crippen molar-refractivity contribution in [1.29, 1.82) is 0 Å². The lowest BCUT2D eigenvalue weighted by molar-refractivity contribution is -0.137. The number of nitrogens with one attached hydrogen (secondary N) is 1. The summed E-state index contributed by atoms with van der Waals surface area (Å²) in [5.74, 6) is 0.854. The summed E-state index contributed by atoms with van der Waals surface area (Å²) in [5, 5.41) is 2.95. The van der Waals surface area contributed by atoms with Gasteiger partial charge in [-0.1, -0.05) is 30.3 Å². The van der Waals surface area contributed by atoms with Gasteiger partial charge in [0.2, 0.25) is 5.78 Å². The van der Waals surface area contributed by atoms with Crippen LogP contribution in [0.4, 0.5) is 13.2 Å². The van der Waals surface area contributed by atoms with E-state index in [1.807, 2.05) is 32.0 Å². The summed E-state index contributed by atoms with van der Waals surface area (Å²) < 4.78 is 50.0. The maximum Gasteiger partial charge on any atom is 0.416 e. The maximum atomic E-state index is 12.8. The van der Waals surface area contributed by atoms with Gasteiger partial charge in [-0.25, -0.2) is 0 Å². The van der Waals surface area contributed by atoms with Gasteiger partial charge in [-0.3, -0.25) is 14.5 Å². The number of likely N-dealkylation sites (tertiary alicyclic amines) is 1. The van der Waals surface area contributed by atoms with Gasteiger partial charge in [0.25, 0.3) is 5.91 Å². The molecule has 0 bridgehead atoms. The van der Waals surface area contributed by atoms with Crippen molar-refractivity contribution < 1.29 is 32.2 Å². The summed E-state index contributed by atoms with van der Waals surface area (Å²) in [4.78, 5) is 27.6. The molecule has 2 aliphatic heterocycles. The van der Waals surface area contributed by atoms with Crippen LogP contribution in [0, 0.1) is 0 Å². The fourth-order valence-corrected chi connectivity index (χ4v) is 5.01. The van der Waals surface area contributed by atoms with Crippen LogP contribution < -0.4 is 14.8 Å². The Bertz CT molecular complexity index is 1450. The largest absolute Gasteiger partial charge is 0.488 e. The van der Waals surface area contributed by atoms with Crippen molar-refractivity contribution in [3.05, 3.63) is 106 Å². The van der Waals surface area contributed by atoms with Gasteiger partial charge in [0.15, 0.2) is 5.76 Å². The van der Waals surface area contributed by atoms with Gasteiger partial charge >= 0.3 is 6.18 Å². The Labute approximate surface area is 236 Å². The number of piperidine rings is 1. The monoisotopic (exact) mass is 564 g/mol. The molecule has 1 N–H and O–H groups in total. The van der Waals surface area contributed by atoms with Crippen LogP contribution in [-0.2, 0) is 19.3 Å². The molecule has 5 rings (SSSR count). The van der Waals surface area contributed by atoms with Crippen molar-refractivity contribution in [2.75, 3.05) is 13.1 Å². The number of ketones is 1. The molecular formula is C32H31F3N2O4. The number of carbonyl (C=O) groups is 2. The summed E-state index contributed by atoms with van der Waals surface area (Å²) in [7, 11) is 0. The smallest absolute Gasteiger partial charge is 0.416 e. The second kappa shape index (κ2) is 11.8. The number of Topliss-reactive ketones (excluding diaryl/α,β-unsaturated/α-hetero) is 1. The van der Waals surface area contributed by atoms with Crippen molar-refractivity contribution in [2.24, 2.45) is 0 Å². The number of ether oxygens (including phenoxy) is 2. The van der Waals surface area contributed by atoms with Gasteiger partial charge in [0.05, 0.1) is 5.56 Å². The third-order valence-electron chi connectivity index (χ3n) is 7.31. The van der Waals surface area contributed by atoms with Crippen molar-refractivity contribution in [1.82, 2.24) is 10.2 Å². The molecule has 41 heavy (non-hydrogen) atoms. The van der Waals surface area contributed by atoms with Crippen molar-refractivity contribution in [3.8, 4) is 11.5 Å². The minimum Gasteiger partial charge on any atom is -0.488 e. The normalized spacial score (nSPS) is 15.8. The minimum atomic E-state index is -4.42. The Morgan fingerprint density at radius 1 is 0.976 bits per heavy atom. The average molecular weight is 565 g/mol. The van der Waals surface area contributed by atoms with Gasteiger partial charge in [-0.15, -0.1) is 0 Å². The second-order valence-electron chi connectivity index (χ2n) is 10.6. The molecule has 0 atom stereocenters. The summed E-state index contributed by atoms with van der Waals surface area (Å²) in [6.07, 6.45) is -2.90. The zero-order valence-corrected chi connectivity index (χ0v) is 22.9. The number of nitrogens with zero attached hydrogens (tertiary/aromatic N) is 1. The molecule has 0 aliphatic carbocycles. The molecular weight excluding hydrogens is 533 g/mol. The van der Waals surface area contributed by atoms with Gasteiger partial charge in [0.1, 0.15) is 23.7 Å². The number of alkyl halides is 3. The molecule has 0 aromatic heterocycles. The molecule has 0 radical (unpaired) electrons. The highest BCUT2D eigenvalue weighted by atomic mass is 19.4. The van der Waals surface area contributed by atoms with Crippen molar-refractivity contribution in [2.45, 2.75) is 52.1 Å². The highest BCUT2D eigenvalue weighted by Crippen LogP contribution is 2.38. The maximum absolute atomic E-state index is 12.8. The van der Waals surface area contributed by atoms with Gasteiger partial charge < -0.3 is 14.8 Å². The molecule has 3 aromatic carbocycles. The first kappa shape index (κ1) is 28.4. The quantitative estimate of drug-likeness (QED) is 0.330. The van der Waals surface area contributed by atoms with E-state index in [0.29, 0.717) is 29.4 Å². The van der Waals surface area contributed by atoms with Crippen molar-refractivity contribution in [3.63, 3.8) is 0 Å². The fraction of sp³-hybridized carbons (Fsp3) is 0.312. The summed E-state index contributed by atoms with van der Waals surface area (Å²) >= 11 is 0. The van der Waals surface area contributed by atoms with Crippen LogP contribution in [-0.4, -0.2) is 35.7 Å². The van der Waals surface area contributed by atoms with E-state index in [-0.39, 0.29) is 23.3 Å². The van der Waals surface area contributed by atoms with E-state index in [2.05, 4.69) is 22.3 Å². The zero-order chi connectivity index (χ0) is 29.1. The number of amides is 1. The van der Waals surface area contributed by atoms with Crippen LogP contribution in [0.25, 0.3) is 0 Å². The number of hydrogen-bond donors (Lipinski definition) is 1. The lowest BCUT2D eigenvalue weighted by Crippen LogP contribution is -2.44. The lowest BCUT2D eigenvalue weighted by atomic mass is 10.0. The molecule has 2 aliphatic rings. The molecule has 0 spiro atoms. The van der Waals surface area contributed by atoms with E-state index < -0.39 is 11.7 Å². The molecule has 6 nitrogen and oxygen atoms in total. The Hall–Kier alpha value is -4.11. The third-order valence-corrected chi connectivity index (χ3v) is 7.31. The number of hydrogen-bond acceptors (Lipinski definition) is 5. The first-order chi connectivity index (χ1) is 19.6. The topological polar surface area (TPSA) is 67.9 Å². The second-order valence-corrected chi connectivity index (χ2v) is 10.6. The molecule has 0 unspecified atom stereocenters. The zero-order valence-electron chi connectivity index (χ0n) is 22.9. The Balaban J connectivity index is 1.09. The van der Waals surface area contributed by atoms with E-state index >= 15 is 0 Å². The lowest BCUT2D eigenvalue weighted by Gasteiger charge is -2.32. The van der Waals surface area contributed by atoms with E-state index in [0.717, 1.165) is 61.3 Å². The molecule has 3 aromatic rings. The van der Waals surface area contributed by atoms with E-state index in [1.54, 1.807) is 12.1 Å². The van der Waals surface area contributed by atoms with Crippen LogP contribution in [0.15, 0.2) is 78.1 Å². The first-order valence-electron chi connectivity index (χ1n) is 13.5. The highest BCUT2D eigenvalue weighted by molar-refractivity contribution is 6.14. The van der Waals surface area contributed by atoms with Crippen LogP contribution in [0.3, 0.4) is 0 Å². The first-order valence-corrected chi connectivity index (χ1v) is 13.5. The van der Waals surface area contributed by atoms with Crippen LogP contribution in [0.1, 0.15) is 64.1 Å². The molecule has 1 amide bonds. The van der Waals surface area contributed by atoms with E-state index in [4.69, 9.17) is 9.47 Å². The number of allylic oxidation sites excluding steroid dienone is 2. The predicted octanol–water partition coefficient (Wildman–Crippen LogP) is 6.55. The summed E-state index contributed by atoms with van der Waals surface area (Å²) in [6, 6.07) is 17.7. The highest BCUT2D eigenvalue weighted by Gasteiger charge is 2.32. The van der Waals surface area contributed by atoms with Crippen LogP contribution in [0.5, 0.6) is 11.5 Å². The van der Waals surface area contributed by atoms with Crippen LogP contribution in [0.2, 0.25) is 0 Å². The fourth-order valence-electron chi connectivity index (χ4n) is 5.01. The molecule has 1 fully saturated rings. The Kier molecular flexibility index (Phi) is 8.17. The number of halogens is 3. The summed E-state index contributed by atoms with van der Waals surface area (Å²) in [5.41, 5.74) is 2.85.